The van der Waals surface area contributed by atoms with Crippen LogP contribution in [0.4, 0.5) is 5.69 Å². The summed E-state index contributed by atoms with van der Waals surface area (Å²) in [7, 11) is 0. The van der Waals surface area contributed by atoms with Gasteiger partial charge in [-0.3, -0.25) is 9.59 Å². The highest BCUT2D eigenvalue weighted by atomic mass is 16.2. The number of carbonyl (C=O) groups is 1. The first-order valence-electron chi connectivity index (χ1n) is 6.92. The monoisotopic (exact) mass is 293 g/mol. The summed E-state index contributed by atoms with van der Waals surface area (Å²) >= 11 is 0. The molecule has 0 saturated carbocycles. The second-order valence-corrected chi connectivity index (χ2v) is 5.22. The molecule has 110 valence electrons. The van der Waals surface area contributed by atoms with E-state index in [0.29, 0.717) is 10.8 Å². The summed E-state index contributed by atoms with van der Waals surface area (Å²) < 4.78 is 0. The standard InChI is InChI=1S/C17H15N3O2/c1-10-7-8-11(2)14(9-10)18-17(22)15-12-5-3-4-6-13(12)16(21)20-19-15/h3-9H,1-2H3,(H,18,22)(H,20,21). The number of hydrogen-bond donors (Lipinski definition) is 2. The van der Waals surface area contributed by atoms with E-state index in [2.05, 4.69) is 15.5 Å². The minimum Gasteiger partial charge on any atom is -0.320 e. The van der Waals surface area contributed by atoms with Gasteiger partial charge in [0.2, 0.25) is 0 Å². The Labute approximate surface area is 127 Å². The van der Waals surface area contributed by atoms with Gasteiger partial charge in [-0.1, -0.05) is 30.3 Å². The first-order valence-corrected chi connectivity index (χ1v) is 6.92. The second-order valence-electron chi connectivity index (χ2n) is 5.22. The van der Waals surface area contributed by atoms with Crippen molar-refractivity contribution in [3.8, 4) is 0 Å². The number of hydrogen-bond acceptors (Lipinski definition) is 3. The molecule has 3 rings (SSSR count). The van der Waals surface area contributed by atoms with Crippen molar-refractivity contribution in [2.75, 3.05) is 5.32 Å². The average molecular weight is 293 g/mol. The molecule has 0 radical (unpaired) electrons. The number of carbonyl (C=O) groups excluding carboxylic acids is 1. The number of nitrogens with zero attached hydrogens (tertiary/aromatic N) is 1. The molecule has 3 aromatic rings. The van der Waals surface area contributed by atoms with Crippen LogP contribution < -0.4 is 10.9 Å². The summed E-state index contributed by atoms with van der Waals surface area (Å²) in [5.74, 6) is -0.346. The molecule has 0 aliphatic carbocycles. The zero-order valence-corrected chi connectivity index (χ0v) is 12.3. The van der Waals surface area contributed by atoms with Crippen LogP contribution in [-0.4, -0.2) is 16.1 Å². The van der Waals surface area contributed by atoms with E-state index in [1.165, 1.54) is 0 Å². The van der Waals surface area contributed by atoms with Crippen molar-refractivity contribution >= 4 is 22.4 Å². The van der Waals surface area contributed by atoms with E-state index in [4.69, 9.17) is 0 Å². The number of aromatic amines is 1. The molecule has 1 heterocycles. The number of aromatic nitrogens is 2. The lowest BCUT2D eigenvalue weighted by Gasteiger charge is -2.10. The number of nitrogens with one attached hydrogen (secondary N) is 2. The molecule has 0 fully saturated rings. The Morgan fingerprint density at radius 2 is 1.82 bits per heavy atom. The maximum Gasteiger partial charge on any atom is 0.276 e. The fourth-order valence-corrected chi connectivity index (χ4v) is 2.34. The van der Waals surface area contributed by atoms with Crippen molar-refractivity contribution in [2.24, 2.45) is 0 Å². The minimum atomic E-state index is -0.346. The summed E-state index contributed by atoms with van der Waals surface area (Å²) in [6, 6.07) is 12.8. The first kappa shape index (κ1) is 14.0. The SMILES string of the molecule is Cc1ccc(C)c(NC(=O)c2n[nH]c(=O)c3ccccc23)c1. The maximum absolute atomic E-state index is 12.5. The fourth-order valence-electron chi connectivity index (χ4n) is 2.34. The highest BCUT2D eigenvalue weighted by Crippen LogP contribution is 2.19. The minimum absolute atomic E-state index is 0.205. The van der Waals surface area contributed by atoms with E-state index < -0.39 is 0 Å². The van der Waals surface area contributed by atoms with Gasteiger partial charge in [-0.15, -0.1) is 0 Å². The molecule has 5 heteroatoms. The Kier molecular flexibility index (Phi) is 3.47. The van der Waals surface area contributed by atoms with Crippen LogP contribution in [0.15, 0.2) is 47.3 Å². The summed E-state index contributed by atoms with van der Waals surface area (Å²) in [6.45, 7) is 3.89. The van der Waals surface area contributed by atoms with Crippen LogP contribution in [0.5, 0.6) is 0 Å². The number of fused-ring (bicyclic) bond motifs is 1. The maximum atomic E-state index is 12.5. The van der Waals surface area contributed by atoms with Crippen LogP contribution in [0, 0.1) is 13.8 Å². The average Bonchev–Trinajstić information content (AvgIpc) is 2.51. The van der Waals surface area contributed by atoms with Crippen LogP contribution in [0.25, 0.3) is 10.8 Å². The van der Waals surface area contributed by atoms with E-state index in [1.807, 2.05) is 32.0 Å². The molecule has 2 N–H and O–H groups in total. The number of H-pyrrole nitrogens is 1. The molecule has 0 saturated heterocycles. The van der Waals surface area contributed by atoms with Crippen molar-refractivity contribution < 1.29 is 4.79 Å². The zero-order chi connectivity index (χ0) is 15.7. The van der Waals surface area contributed by atoms with Gasteiger partial charge in [-0.05, 0) is 37.1 Å². The summed E-state index contributed by atoms with van der Waals surface area (Å²) in [4.78, 5) is 24.3. The van der Waals surface area contributed by atoms with E-state index in [1.54, 1.807) is 24.3 Å². The summed E-state index contributed by atoms with van der Waals surface area (Å²) in [5, 5.41) is 10.1. The van der Waals surface area contributed by atoms with Crippen LogP contribution in [0.1, 0.15) is 21.6 Å². The highest BCUT2D eigenvalue weighted by Gasteiger charge is 2.14. The third-order valence-corrected chi connectivity index (χ3v) is 3.55. The Morgan fingerprint density at radius 3 is 2.59 bits per heavy atom. The Balaban J connectivity index is 2.05. The predicted molar refractivity (Wildman–Crippen MR) is 86.2 cm³/mol. The van der Waals surface area contributed by atoms with Crippen LogP contribution >= 0.6 is 0 Å². The normalized spacial score (nSPS) is 10.6. The lowest BCUT2D eigenvalue weighted by molar-refractivity contribution is 0.102. The Morgan fingerprint density at radius 1 is 1.09 bits per heavy atom. The summed E-state index contributed by atoms with van der Waals surface area (Å²) in [6.07, 6.45) is 0. The van der Waals surface area contributed by atoms with Gasteiger partial charge in [0, 0.05) is 11.1 Å². The lowest BCUT2D eigenvalue weighted by Crippen LogP contribution is -2.19. The van der Waals surface area contributed by atoms with Crippen molar-refractivity contribution in [3.63, 3.8) is 0 Å². The zero-order valence-electron chi connectivity index (χ0n) is 12.3. The molecule has 22 heavy (non-hydrogen) atoms. The fraction of sp³-hybridized carbons (Fsp3) is 0.118. The number of benzene rings is 2. The van der Waals surface area contributed by atoms with Crippen molar-refractivity contribution in [1.82, 2.24) is 10.2 Å². The van der Waals surface area contributed by atoms with Gasteiger partial charge in [0.15, 0.2) is 5.69 Å². The van der Waals surface area contributed by atoms with Crippen LogP contribution in [0.2, 0.25) is 0 Å². The molecule has 0 aliphatic heterocycles. The largest absolute Gasteiger partial charge is 0.320 e. The van der Waals surface area contributed by atoms with Crippen molar-refractivity contribution in [3.05, 3.63) is 69.6 Å². The molecule has 0 aliphatic rings. The second kappa shape index (κ2) is 5.44. The molecule has 0 bridgehead atoms. The molecular weight excluding hydrogens is 278 g/mol. The number of amides is 1. The van der Waals surface area contributed by atoms with E-state index in [9.17, 15) is 9.59 Å². The molecular formula is C17H15N3O2. The molecule has 1 amide bonds. The van der Waals surface area contributed by atoms with Crippen molar-refractivity contribution in [2.45, 2.75) is 13.8 Å². The Bertz CT molecular complexity index is 929. The van der Waals surface area contributed by atoms with Crippen LogP contribution in [-0.2, 0) is 0 Å². The van der Waals surface area contributed by atoms with E-state index >= 15 is 0 Å². The third-order valence-electron chi connectivity index (χ3n) is 3.55. The third kappa shape index (κ3) is 2.48. The highest BCUT2D eigenvalue weighted by molar-refractivity contribution is 6.11. The van der Waals surface area contributed by atoms with Gasteiger partial charge in [0.1, 0.15) is 0 Å². The molecule has 5 nitrogen and oxygen atoms in total. The molecule has 0 spiro atoms. The number of anilines is 1. The molecule has 2 aromatic carbocycles. The first-order chi connectivity index (χ1) is 10.6. The quantitative estimate of drug-likeness (QED) is 0.763. The topological polar surface area (TPSA) is 74.8 Å². The van der Waals surface area contributed by atoms with Gasteiger partial charge >= 0.3 is 0 Å². The summed E-state index contributed by atoms with van der Waals surface area (Å²) in [5.41, 5.74) is 2.66. The number of rotatable bonds is 2. The van der Waals surface area contributed by atoms with Crippen molar-refractivity contribution in [1.29, 1.82) is 0 Å². The molecule has 0 unspecified atom stereocenters. The smallest absolute Gasteiger partial charge is 0.276 e. The van der Waals surface area contributed by atoms with Gasteiger partial charge < -0.3 is 5.32 Å². The van der Waals surface area contributed by atoms with Gasteiger partial charge in [-0.25, -0.2) is 5.10 Å². The van der Waals surface area contributed by atoms with Gasteiger partial charge in [0.05, 0.1) is 5.39 Å². The number of aryl methyl sites for hydroxylation is 2. The molecule has 0 atom stereocenters. The van der Waals surface area contributed by atoms with E-state index in [0.717, 1.165) is 16.8 Å². The van der Waals surface area contributed by atoms with E-state index in [-0.39, 0.29) is 17.2 Å². The van der Waals surface area contributed by atoms with Gasteiger partial charge in [-0.2, -0.15) is 5.10 Å². The molecule has 1 aromatic heterocycles. The van der Waals surface area contributed by atoms with Gasteiger partial charge in [0.25, 0.3) is 11.5 Å². The predicted octanol–water partition coefficient (Wildman–Crippen LogP) is 2.79. The Hall–Kier alpha value is -2.95. The lowest BCUT2D eigenvalue weighted by atomic mass is 10.1. The van der Waals surface area contributed by atoms with Crippen LogP contribution in [0.3, 0.4) is 0 Å².